The smallest absolute Gasteiger partial charge is 0.241 e. The summed E-state index contributed by atoms with van der Waals surface area (Å²) in [4.78, 5) is 13.4. The SMILES string of the molecule is Cc1ccc(-n2nc(C(=O)/C(Br)=N/Nc3cc(-c4ccccc4)[nH]n3)c(C#N)c2-c2ccccc2)cc1. The average Bonchev–Trinajstić information content (AvgIpc) is 3.58. The molecule has 5 rings (SSSR count). The lowest BCUT2D eigenvalue weighted by Gasteiger charge is -2.08. The number of hydrogen-bond acceptors (Lipinski definition) is 6. The zero-order valence-electron chi connectivity index (χ0n) is 19.7. The van der Waals surface area contributed by atoms with Crippen LogP contribution in [-0.2, 0) is 0 Å². The molecule has 0 saturated carbocycles. The van der Waals surface area contributed by atoms with Gasteiger partial charge in [-0.3, -0.25) is 15.3 Å². The summed E-state index contributed by atoms with van der Waals surface area (Å²) in [6.07, 6.45) is 0. The molecule has 2 heterocycles. The molecule has 8 nitrogen and oxygen atoms in total. The maximum atomic E-state index is 13.4. The number of carbonyl (C=O) groups is 1. The molecule has 2 aromatic heterocycles. The third-order valence-electron chi connectivity index (χ3n) is 5.66. The number of aryl methyl sites for hydroxylation is 1. The quantitative estimate of drug-likeness (QED) is 0.144. The van der Waals surface area contributed by atoms with Crippen molar-refractivity contribution < 1.29 is 4.79 Å². The van der Waals surface area contributed by atoms with Crippen LogP contribution in [0.5, 0.6) is 0 Å². The number of carbonyl (C=O) groups excluding carboxylic acids is 1. The maximum Gasteiger partial charge on any atom is 0.241 e. The number of rotatable bonds is 7. The minimum absolute atomic E-state index is 0.00800. The summed E-state index contributed by atoms with van der Waals surface area (Å²) >= 11 is 3.25. The number of anilines is 1. The largest absolute Gasteiger partial charge is 0.284 e. The molecule has 3 aromatic carbocycles. The van der Waals surface area contributed by atoms with E-state index in [9.17, 15) is 10.1 Å². The first kappa shape index (κ1) is 23.9. The molecule has 9 heteroatoms. The first-order valence-electron chi connectivity index (χ1n) is 11.4. The number of nitrogens with one attached hydrogen (secondary N) is 2. The number of hydrogen-bond donors (Lipinski definition) is 2. The van der Waals surface area contributed by atoms with E-state index in [0.29, 0.717) is 11.5 Å². The fourth-order valence-corrected chi connectivity index (χ4v) is 4.09. The van der Waals surface area contributed by atoms with E-state index in [1.54, 1.807) is 10.7 Å². The molecule has 0 bridgehead atoms. The second kappa shape index (κ2) is 10.4. The maximum absolute atomic E-state index is 13.4. The Morgan fingerprint density at radius 2 is 1.65 bits per heavy atom. The second-order valence-electron chi connectivity index (χ2n) is 8.17. The zero-order valence-corrected chi connectivity index (χ0v) is 21.3. The van der Waals surface area contributed by atoms with Gasteiger partial charge < -0.3 is 0 Å². The van der Waals surface area contributed by atoms with Crippen molar-refractivity contribution in [1.82, 2.24) is 20.0 Å². The predicted octanol–water partition coefficient (Wildman–Crippen LogP) is 6.11. The fraction of sp³-hybridized carbons (Fsp3) is 0.0357. The van der Waals surface area contributed by atoms with Crippen LogP contribution in [0.4, 0.5) is 5.82 Å². The van der Waals surface area contributed by atoms with E-state index >= 15 is 0 Å². The van der Waals surface area contributed by atoms with Crippen molar-refractivity contribution in [2.45, 2.75) is 6.92 Å². The number of nitriles is 1. The molecular formula is C28H20BrN7O. The third-order valence-corrected chi connectivity index (χ3v) is 6.19. The van der Waals surface area contributed by atoms with E-state index < -0.39 is 5.78 Å². The first-order chi connectivity index (χ1) is 18.0. The lowest BCUT2D eigenvalue weighted by atomic mass is 10.0. The van der Waals surface area contributed by atoms with Crippen LogP contribution >= 0.6 is 15.9 Å². The van der Waals surface area contributed by atoms with Gasteiger partial charge in [0.15, 0.2) is 16.1 Å². The molecule has 180 valence electrons. The lowest BCUT2D eigenvalue weighted by Crippen LogP contribution is -2.12. The van der Waals surface area contributed by atoms with Gasteiger partial charge in [0.1, 0.15) is 11.6 Å². The van der Waals surface area contributed by atoms with Crippen molar-refractivity contribution in [1.29, 1.82) is 5.26 Å². The number of aromatic amines is 1. The van der Waals surface area contributed by atoms with Crippen molar-refractivity contribution in [3.05, 3.63) is 108 Å². The number of hydrazone groups is 1. The Hall–Kier alpha value is -4.81. The van der Waals surface area contributed by atoms with E-state index in [1.807, 2.05) is 91.9 Å². The second-order valence-corrected chi connectivity index (χ2v) is 8.92. The lowest BCUT2D eigenvalue weighted by molar-refractivity contribution is 0.106. The van der Waals surface area contributed by atoms with Crippen molar-refractivity contribution in [2.24, 2.45) is 5.10 Å². The number of halogens is 1. The van der Waals surface area contributed by atoms with E-state index in [4.69, 9.17) is 0 Å². The van der Waals surface area contributed by atoms with E-state index in [-0.39, 0.29) is 15.9 Å². The molecule has 37 heavy (non-hydrogen) atoms. The predicted molar refractivity (Wildman–Crippen MR) is 147 cm³/mol. The third kappa shape index (κ3) is 4.96. The molecule has 0 aliphatic carbocycles. The van der Waals surface area contributed by atoms with Gasteiger partial charge in [-0.2, -0.15) is 20.6 Å². The molecule has 0 atom stereocenters. The Balaban J connectivity index is 1.49. The van der Waals surface area contributed by atoms with Crippen LogP contribution in [0.3, 0.4) is 0 Å². The van der Waals surface area contributed by atoms with Gasteiger partial charge >= 0.3 is 0 Å². The van der Waals surface area contributed by atoms with Crippen molar-refractivity contribution in [2.75, 3.05) is 5.43 Å². The molecule has 0 spiro atoms. The number of ketones is 1. The monoisotopic (exact) mass is 549 g/mol. The van der Waals surface area contributed by atoms with Crippen LogP contribution in [0.15, 0.2) is 96.1 Å². The first-order valence-corrected chi connectivity index (χ1v) is 12.1. The van der Waals surface area contributed by atoms with Crippen molar-refractivity contribution in [3.63, 3.8) is 0 Å². The topological polar surface area (TPSA) is 112 Å². The van der Waals surface area contributed by atoms with Gasteiger partial charge in [0.25, 0.3) is 0 Å². The average molecular weight is 550 g/mol. The van der Waals surface area contributed by atoms with Crippen LogP contribution in [0.25, 0.3) is 28.2 Å². The van der Waals surface area contributed by atoms with Gasteiger partial charge in [0.05, 0.1) is 17.1 Å². The summed E-state index contributed by atoms with van der Waals surface area (Å²) < 4.78 is 1.58. The Morgan fingerprint density at radius 3 is 2.30 bits per heavy atom. The minimum Gasteiger partial charge on any atom is -0.284 e. The highest BCUT2D eigenvalue weighted by atomic mass is 79.9. The summed E-state index contributed by atoms with van der Waals surface area (Å²) in [6, 6.07) is 30.8. The highest BCUT2D eigenvalue weighted by Crippen LogP contribution is 2.30. The number of nitrogens with zero attached hydrogens (tertiary/aromatic N) is 5. The van der Waals surface area contributed by atoms with Crippen LogP contribution in [0, 0.1) is 18.3 Å². The number of aromatic nitrogens is 4. The van der Waals surface area contributed by atoms with Crippen LogP contribution in [0.1, 0.15) is 21.6 Å². The highest BCUT2D eigenvalue weighted by Gasteiger charge is 2.27. The standard InChI is InChI=1S/C28H20BrN7O/c1-18-12-14-21(15-13-18)36-26(20-10-6-3-7-11-20)22(17-30)25(35-36)27(37)28(29)34-33-24-16-23(31-32-24)19-8-4-2-5-9-19/h2-16H,1H3,(H2,31,32,33)/b34-28-. The molecule has 0 saturated heterocycles. The number of benzene rings is 3. The normalized spacial score (nSPS) is 11.2. The van der Waals surface area contributed by atoms with Gasteiger partial charge in [-0.15, -0.1) is 0 Å². The minimum atomic E-state index is -0.536. The Kier molecular flexibility index (Phi) is 6.74. The van der Waals surface area contributed by atoms with E-state index in [0.717, 1.165) is 28.1 Å². The summed E-state index contributed by atoms with van der Waals surface area (Å²) in [7, 11) is 0. The van der Waals surface area contributed by atoms with Crippen LogP contribution in [0.2, 0.25) is 0 Å². The molecule has 0 unspecified atom stereocenters. The summed E-state index contributed by atoms with van der Waals surface area (Å²) in [5, 5.41) is 25.9. The number of H-pyrrole nitrogens is 1. The fourth-order valence-electron chi connectivity index (χ4n) is 3.82. The molecular weight excluding hydrogens is 530 g/mol. The molecule has 5 aromatic rings. The van der Waals surface area contributed by atoms with Gasteiger partial charge in [-0.1, -0.05) is 78.4 Å². The number of Topliss-reactive ketones (excluding diaryl/α,β-unsaturated/α-hetero) is 1. The Labute approximate surface area is 221 Å². The Morgan fingerprint density at radius 1 is 1.00 bits per heavy atom. The zero-order chi connectivity index (χ0) is 25.8. The van der Waals surface area contributed by atoms with Gasteiger partial charge in [0, 0.05) is 11.6 Å². The molecule has 0 fully saturated rings. The van der Waals surface area contributed by atoms with Gasteiger partial charge in [-0.05, 0) is 40.5 Å². The Bertz CT molecular complexity index is 1630. The summed E-state index contributed by atoms with van der Waals surface area (Å²) in [5.74, 6) is -0.106. The van der Waals surface area contributed by atoms with E-state index in [2.05, 4.69) is 47.8 Å². The van der Waals surface area contributed by atoms with Gasteiger partial charge in [0.2, 0.25) is 5.78 Å². The molecule has 0 radical (unpaired) electrons. The molecule has 0 aliphatic heterocycles. The molecule has 0 aliphatic rings. The molecule has 2 N–H and O–H groups in total. The van der Waals surface area contributed by atoms with Crippen LogP contribution in [-0.4, -0.2) is 30.4 Å². The van der Waals surface area contributed by atoms with Gasteiger partial charge in [-0.25, -0.2) is 4.68 Å². The summed E-state index contributed by atoms with van der Waals surface area (Å²) in [5.41, 5.74) is 7.82. The van der Waals surface area contributed by atoms with Crippen molar-refractivity contribution >= 4 is 32.2 Å². The van der Waals surface area contributed by atoms with E-state index in [1.165, 1.54) is 0 Å². The van der Waals surface area contributed by atoms with Crippen molar-refractivity contribution in [3.8, 4) is 34.3 Å². The molecule has 0 amide bonds. The highest BCUT2D eigenvalue weighted by molar-refractivity contribution is 9.19. The van der Waals surface area contributed by atoms with Crippen LogP contribution < -0.4 is 5.43 Å². The summed E-state index contributed by atoms with van der Waals surface area (Å²) in [6.45, 7) is 1.99.